The number of aromatic nitrogens is 2. The molecule has 5 nitrogen and oxygen atoms in total. The molecule has 22 heavy (non-hydrogen) atoms. The summed E-state index contributed by atoms with van der Waals surface area (Å²) in [6, 6.07) is 7.05. The van der Waals surface area contributed by atoms with Crippen molar-refractivity contribution < 1.29 is 0 Å². The molecule has 0 radical (unpaired) electrons. The van der Waals surface area contributed by atoms with Gasteiger partial charge >= 0.3 is 0 Å². The van der Waals surface area contributed by atoms with Gasteiger partial charge in [0.05, 0.1) is 5.69 Å². The number of nitrogens with one attached hydrogen (secondary N) is 1. The van der Waals surface area contributed by atoms with Gasteiger partial charge in [-0.2, -0.15) is 0 Å². The van der Waals surface area contributed by atoms with Crippen LogP contribution in [0.1, 0.15) is 25.5 Å². The summed E-state index contributed by atoms with van der Waals surface area (Å²) in [6.07, 6.45) is 4.55. The average molecular weight is 301 g/mol. The van der Waals surface area contributed by atoms with Crippen LogP contribution in [0.3, 0.4) is 0 Å². The van der Waals surface area contributed by atoms with Crippen LogP contribution < -0.4 is 10.2 Å². The predicted molar refractivity (Wildman–Crippen MR) is 91.5 cm³/mol. The number of hydrogen-bond acceptors (Lipinski definition) is 4. The van der Waals surface area contributed by atoms with E-state index in [1.54, 1.807) is 0 Å². The van der Waals surface area contributed by atoms with Gasteiger partial charge in [-0.05, 0) is 45.6 Å². The molecule has 1 unspecified atom stereocenters. The van der Waals surface area contributed by atoms with Gasteiger partial charge in [-0.1, -0.05) is 13.0 Å². The summed E-state index contributed by atoms with van der Waals surface area (Å²) in [4.78, 5) is 9.54. The number of anilines is 1. The van der Waals surface area contributed by atoms with Crippen LogP contribution in [0, 0.1) is 0 Å². The number of hydrogen-bond donors (Lipinski definition) is 1. The fraction of sp³-hybridized carbons (Fsp3) is 0.588. The van der Waals surface area contributed by atoms with Crippen LogP contribution in [0.15, 0.2) is 24.4 Å². The lowest BCUT2D eigenvalue weighted by Gasteiger charge is -2.22. The Hall–Kier alpha value is -1.59. The van der Waals surface area contributed by atoms with Crippen molar-refractivity contribution in [2.75, 3.05) is 38.6 Å². The lowest BCUT2D eigenvalue weighted by Crippen LogP contribution is -2.32. The number of rotatable bonds is 6. The highest BCUT2D eigenvalue weighted by atomic mass is 15.3. The Balaban J connectivity index is 1.81. The van der Waals surface area contributed by atoms with Crippen molar-refractivity contribution in [3.8, 4) is 0 Å². The molecule has 0 bridgehead atoms. The second-order valence-corrected chi connectivity index (χ2v) is 6.37. The van der Waals surface area contributed by atoms with Crippen LogP contribution in [-0.4, -0.2) is 54.1 Å². The highest BCUT2D eigenvalue weighted by molar-refractivity contribution is 5.53. The summed E-state index contributed by atoms with van der Waals surface area (Å²) < 4.78 is 2.24. The molecule has 1 aliphatic rings. The molecule has 0 aliphatic carbocycles. The summed E-state index contributed by atoms with van der Waals surface area (Å²) in [5, 5.41) is 3.43. The van der Waals surface area contributed by atoms with Gasteiger partial charge in [0, 0.05) is 31.9 Å². The van der Waals surface area contributed by atoms with Crippen LogP contribution in [0.5, 0.6) is 0 Å². The lowest BCUT2D eigenvalue weighted by molar-refractivity contribution is 0.315. The molecule has 1 aliphatic heterocycles. The highest BCUT2D eigenvalue weighted by Crippen LogP contribution is 2.23. The summed E-state index contributed by atoms with van der Waals surface area (Å²) in [7, 11) is 4.34. The third-order valence-corrected chi connectivity index (χ3v) is 4.47. The first-order valence-electron chi connectivity index (χ1n) is 8.28. The molecule has 0 spiro atoms. The first kappa shape index (κ1) is 15.3. The Bertz CT molecular complexity index is 619. The van der Waals surface area contributed by atoms with E-state index < -0.39 is 0 Å². The van der Waals surface area contributed by atoms with E-state index in [-0.39, 0.29) is 0 Å². The van der Waals surface area contributed by atoms with Crippen LogP contribution in [0.25, 0.3) is 5.65 Å². The second kappa shape index (κ2) is 6.67. The van der Waals surface area contributed by atoms with E-state index in [2.05, 4.69) is 64.9 Å². The fourth-order valence-corrected chi connectivity index (χ4v) is 3.15. The monoisotopic (exact) mass is 301 g/mol. The third kappa shape index (κ3) is 3.10. The average Bonchev–Trinajstić information content (AvgIpc) is 3.13. The Morgan fingerprint density at radius 1 is 1.36 bits per heavy atom. The minimum Gasteiger partial charge on any atom is -0.356 e. The maximum atomic E-state index is 4.73. The molecular formula is C17H27N5. The van der Waals surface area contributed by atoms with Crippen molar-refractivity contribution in [1.82, 2.24) is 19.6 Å². The maximum Gasteiger partial charge on any atom is 0.138 e. The Morgan fingerprint density at radius 2 is 2.23 bits per heavy atom. The molecule has 3 heterocycles. The van der Waals surface area contributed by atoms with Gasteiger partial charge in [-0.25, -0.2) is 4.98 Å². The molecule has 0 saturated carbocycles. The number of pyridine rings is 1. The normalized spacial score (nSPS) is 18.7. The van der Waals surface area contributed by atoms with Gasteiger partial charge in [0.25, 0.3) is 0 Å². The molecule has 2 aromatic rings. The van der Waals surface area contributed by atoms with Crippen LogP contribution in [0.4, 0.5) is 5.82 Å². The maximum absolute atomic E-state index is 4.73. The summed E-state index contributed by atoms with van der Waals surface area (Å²) in [6.45, 7) is 6.27. The molecule has 1 fully saturated rings. The van der Waals surface area contributed by atoms with Crippen LogP contribution in [-0.2, 0) is 6.54 Å². The Kier molecular flexibility index (Phi) is 4.64. The molecule has 0 aromatic carbocycles. The zero-order valence-corrected chi connectivity index (χ0v) is 13.9. The molecule has 1 atom stereocenters. The highest BCUT2D eigenvalue weighted by Gasteiger charge is 2.25. The third-order valence-electron chi connectivity index (χ3n) is 4.47. The van der Waals surface area contributed by atoms with Gasteiger partial charge < -0.3 is 15.1 Å². The van der Waals surface area contributed by atoms with Crippen LogP contribution >= 0.6 is 0 Å². The Morgan fingerprint density at radius 3 is 2.95 bits per heavy atom. The van der Waals surface area contributed by atoms with Crippen molar-refractivity contribution >= 4 is 11.5 Å². The topological polar surface area (TPSA) is 35.8 Å². The molecule has 1 saturated heterocycles. The first-order chi connectivity index (χ1) is 10.7. The number of nitrogens with zero attached hydrogens (tertiary/aromatic N) is 4. The SMILES string of the molecule is CCCNCc1cn2c(N3CCC(N(C)C)C3)cccc2n1. The van der Waals surface area contributed by atoms with Crippen molar-refractivity contribution in [1.29, 1.82) is 0 Å². The van der Waals surface area contributed by atoms with Crippen LogP contribution in [0.2, 0.25) is 0 Å². The van der Waals surface area contributed by atoms with E-state index in [1.807, 2.05) is 0 Å². The standard InChI is InChI=1S/C17H27N5/c1-4-9-18-11-14-12-22-16(19-14)6-5-7-17(22)21-10-8-15(13-21)20(2)3/h5-7,12,15,18H,4,8-11,13H2,1-3H3. The number of imidazole rings is 1. The zero-order valence-electron chi connectivity index (χ0n) is 13.9. The largest absolute Gasteiger partial charge is 0.356 e. The molecule has 0 amide bonds. The van der Waals surface area contributed by atoms with E-state index in [0.717, 1.165) is 43.9 Å². The summed E-state index contributed by atoms with van der Waals surface area (Å²) in [5.41, 5.74) is 2.16. The van der Waals surface area contributed by atoms with Crippen molar-refractivity contribution in [3.63, 3.8) is 0 Å². The summed E-state index contributed by atoms with van der Waals surface area (Å²) >= 11 is 0. The molecule has 5 heteroatoms. The van der Waals surface area contributed by atoms with Gasteiger partial charge in [0.2, 0.25) is 0 Å². The smallest absolute Gasteiger partial charge is 0.138 e. The van der Waals surface area contributed by atoms with Gasteiger partial charge in [0.15, 0.2) is 0 Å². The molecule has 1 N–H and O–H groups in total. The predicted octanol–water partition coefficient (Wildman–Crippen LogP) is 1.97. The quantitative estimate of drug-likeness (QED) is 0.828. The minimum atomic E-state index is 0.643. The van der Waals surface area contributed by atoms with E-state index in [1.165, 1.54) is 12.2 Å². The van der Waals surface area contributed by atoms with E-state index in [0.29, 0.717) is 6.04 Å². The van der Waals surface area contributed by atoms with Crippen molar-refractivity contribution in [2.45, 2.75) is 32.4 Å². The molecule has 120 valence electrons. The summed E-state index contributed by atoms with van der Waals surface area (Å²) in [5.74, 6) is 1.26. The van der Waals surface area contributed by atoms with Crippen molar-refractivity contribution in [3.05, 3.63) is 30.1 Å². The molecular weight excluding hydrogens is 274 g/mol. The zero-order chi connectivity index (χ0) is 15.5. The van der Waals surface area contributed by atoms with Crippen molar-refractivity contribution in [2.24, 2.45) is 0 Å². The fourth-order valence-electron chi connectivity index (χ4n) is 3.15. The second-order valence-electron chi connectivity index (χ2n) is 6.37. The van der Waals surface area contributed by atoms with E-state index in [4.69, 9.17) is 4.98 Å². The van der Waals surface area contributed by atoms with Gasteiger partial charge in [-0.3, -0.25) is 4.40 Å². The number of likely N-dealkylation sites (N-methyl/N-ethyl adjacent to an activating group) is 1. The molecule has 2 aromatic heterocycles. The number of fused-ring (bicyclic) bond motifs is 1. The van der Waals surface area contributed by atoms with Gasteiger partial charge in [-0.15, -0.1) is 0 Å². The molecule has 3 rings (SSSR count). The Labute approximate surface area is 132 Å². The first-order valence-corrected chi connectivity index (χ1v) is 8.28. The van der Waals surface area contributed by atoms with Gasteiger partial charge in [0.1, 0.15) is 11.5 Å². The van der Waals surface area contributed by atoms with E-state index >= 15 is 0 Å². The minimum absolute atomic E-state index is 0.643. The lowest BCUT2D eigenvalue weighted by atomic mass is 10.2. The van der Waals surface area contributed by atoms with E-state index in [9.17, 15) is 0 Å².